The lowest BCUT2D eigenvalue weighted by Gasteiger charge is -2.19. The lowest BCUT2D eigenvalue weighted by molar-refractivity contribution is -0.153. The molecule has 0 aliphatic heterocycles. The fourth-order valence-electron chi connectivity index (χ4n) is 3.66. The molecule has 28 heavy (non-hydrogen) atoms. The van der Waals surface area contributed by atoms with Gasteiger partial charge in [-0.15, -0.1) is 0 Å². The smallest absolute Gasteiger partial charge is 0.339 e. The van der Waals surface area contributed by atoms with Crippen LogP contribution >= 0.6 is 0 Å². The summed E-state index contributed by atoms with van der Waals surface area (Å²) in [5.74, 6) is -0.613. The van der Waals surface area contributed by atoms with E-state index in [1.807, 2.05) is 36.4 Å². The summed E-state index contributed by atoms with van der Waals surface area (Å²) < 4.78 is 5.10. The van der Waals surface area contributed by atoms with E-state index in [-0.39, 0.29) is 6.61 Å². The lowest BCUT2D eigenvalue weighted by atomic mass is 9.89. The predicted molar refractivity (Wildman–Crippen MR) is 114 cm³/mol. The molecule has 0 amide bonds. The molecular weight excluding hydrogens is 348 g/mol. The summed E-state index contributed by atoms with van der Waals surface area (Å²) >= 11 is 0. The van der Waals surface area contributed by atoms with Gasteiger partial charge < -0.3 is 9.84 Å². The number of fused-ring (bicyclic) bond motifs is 1. The van der Waals surface area contributed by atoms with Crippen molar-refractivity contribution in [2.24, 2.45) is 0 Å². The van der Waals surface area contributed by atoms with Gasteiger partial charge in [0.25, 0.3) is 0 Å². The van der Waals surface area contributed by atoms with Crippen molar-refractivity contribution >= 4 is 16.7 Å². The van der Waals surface area contributed by atoms with Gasteiger partial charge in [-0.3, -0.25) is 0 Å². The summed E-state index contributed by atoms with van der Waals surface area (Å²) in [6, 6.07) is 18.2. The first-order valence-electron chi connectivity index (χ1n) is 10.0. The lowest BCUT2D eigenvalue weighted by Crippen LogP contribution is -2.16. The largest absolute Gasteiger partial charge is 0.464 e. The molecule has 3 heteroatoms. The van der Waals surface area contributed by atoms with E-state index in [0.29, 0.717) is 5.56 Å². The molecule has 0 saturated carbocycles. The molecule has 0 aliphatic rings. The summed E-state index contributed by atoms with van der Waals surface area (Å²) in [7, 11) is 0. The van der Waals surface area contributed by atoms with Gasteiger partial charge in [0.15, 0.2) is 6.10 Å². The van der Waals surface area contributed by atoms with Crippen molar-refractivity contribution in [2.75, 3.05) is 6.61 Å². The first-order valence-corrected chi connectivity index (χ1v) is 10.0. The number of ether oxygens (including phenoxy) is 1. The number of hydrogen-bond acceptors (Lipinski definition) is 3. The summed E-state index contributed by atoms with van der Waals surface area (Å²) in [4.78, 5) is 12.4. The number of aryl methyl sites for hydroxylation is 2. The molecule has 0 heterocycles. The van der Waals surface area contributed by atoms with Crippen molar-refractivity contribution in [2.45, 2.75) is 46.1 Å². The second-order valence-electron chi connectivity index (χ2n) is 7.15. The number of rotatable bonds is 7. The van der Waals surface area contributed by atoms with E-state index in [0.717, 1.165) is 41.2 Å². The van der Waals surface area contributed by atoms with Crippen LogP contribution in [0, 0.1) is 6.92 Å². The number of benzene rings is 3. The van der Waals surface area contributed by atoms with E-state index in [1.54, 1.807) is 6.92 Å². The molecule has 146 valence electrons. The van der Waals surface area contributed by atoms with Gasteiger partial charge in [0.1, 0.15) is 0 Å². The van der Waals surface area contributed by atoms with E-state index >= 15 is 0 Å². The number of carbonyl (C=O) groups is 1. The highest BCUT2D eigenvalue weighted by atomic mass is 16.5. The van der Waals surface area contributed by atoms with Crippen molar-refractivity contribution in [3.05, 3.63) is 71.3 Å². The zero-order valence-electron chi connectivity index (χ0n) is 16.9. The maximum atomic E-state index is 12.4. The van der Waals surface area contributed by atoms with Crippen molar-refractivity contribution in [1.29, 1.82) is 0 Å². The van der Waals surface area contributed by atoms with Gasteiger partial charge in [0.05, 0.1) is 6.61 Å². The molecule has 0 radical (unpaired) electrons. The minimum Gasteiger partial charge on any atom is -0.464 e. The van der Waals surface area contributed by atoms with Gasteiger partial charge in [-0.2, -0.15) is 0 Å². The Morgan fingerprint density at radius 2 is 1.86 bits per heavy atom. The summed E-state index contributed by atoms with van der Waals surface area (Å²) in [5, 5.41) is 12.7. The van der Waals surface area contributed by atoms with E-state index in [2.05, 4.69) is 32.0 Å². The Balaban J connectivity index is 2.18. The van der Waals surface area contributed by atoms with Crippen LogP contribution in [-0.4, -0.2) is 17.7 Å². The molecule has 0 aliphatic carbocycles. The van der Waals surface area contributed by atoms with Crippen molar-refractivity contribution in [3.8, 4) is 11.1 Å². The highest BCUT2D eigenvalue weighted by Crippen LogP contribution is 2.36. The van der Waals surface area contributed by atoms with Gasteiger partial charge in [-0.1, -0.05) is 67.9 Å². The summed E-state index contributed by atoms with van der Waals surface area (Å²) in [5.41, 5.74) is 5.08. The third-order valence-corrected chi connectivity index (χ3v) is 5.21. The van der Waals surface area contributed by atoms with Crippen LogP contribution in [0.1, 0.15) is 49.5 Å². The molecule has 1 unspecified atom stereocenters. The second kappa shape index (κ2) is 9.03. The number of hydrogen-bond donors (Lipinski definition) is 1. The average molecular weight is 376 g/mol. The first kappa shape index (κ1) is 20.1. The third kappa shape index (κ3) is 4.10. The van der Waals surface area contributed by atoms with Crippen LogP contribution in [0.5, 0.6) is 0 Å². The molecule has 0 fully saturated rings. The molecular formula is C25H28O3. The normalized spacial score (nSPS) is 12.1. The second-order valence-corrected chi connectivity index (χ2v) is 7.15. The Morgan fingerprint density at radius 1 is 1.07 bits per heavy atom. The molecule has 3 nitrogen and oxygen atoms in total. The zero-order valence-corrected chi connectivity index (χ0v) is 16.9. The zero-order chi connectivity index (χ0) is 20.1. The molecule has 3 rings (SSSR count). The SMILES string of the molecule is CCCCc1cc(-c2ccc3ccccc3c2C(O)C(=O)OCC)ccc1C. The maximum absolute atomic E-state index is 12.4. The van der Waals surface area contributed by atoms with E-state index < -0.39 is 12.1 Å². The standard InChI is InChI=1S/C25H28O3/c1-4-6-9-19-16-20(13-12-17(19)3)22-15-14-18-10-7-8-11-21(18)23(22)24(26)25(27)28-5-2/h7-8,10-16,24,26H,4-6,9H2,1-3H3. The number of unbranched alkanes of at least 4 members (excludes halogenated alkanes) is 1. The number of aliphatic hydroxyl groups is 1. The quantitative estimate of drug-likeness (QED) is 0.534. The first-order chi connectivity index (χ1) is 13.6. The van der Waals surface area contributed by atoms with Gasteiger partial charge >= 0.3 is 5.97 Å². The van der Waals surface area contributed by atoms with Gasteiger partial charge in [0.2, 0.25) is 0 Å². The van der Waals surface area contributed by atoms with E-state index in [9.17, 15) is 9.90 Å². The summed E-state index contributed by atoms with van der Waals surface area (Å²) in [6.07, 6.45) is 1.99. The van der Waals surface area contributed by atoms with Crippen LogP contribution in [0.25, 0.3) is 21.9 Å². The molecule has 3 aromatic rings. The Hall–Kier alpha value is -2.65. The molecule has 0 aromatic heterocycles. The van der Waals surface area contributed by atoms with Crippen molar-refractivity contribution < 1.29 is 14.6 Å². The average Bonchev–Trinajstić information content (AvgIpc) is 2.72. The van der Waals surface area contributed by atoms with Crippen molar-refractivity contribution in [1.82, 2.24) is 0 Å². The highest BCUT2D eigenvalue weighted by Gasteiger charge is 2.25. The highest BCUT2D eigenvalue weighted by molar-refractivity contribution is 5.96. The molecule has 1 N–H and O–H groups in total. The van der Waals surface area contributed by atoms with Crippen molar-refractivity contribution in [3.63, 3.8) is 0 Å². The van der Waals surface area contributed by atoms with Crippen LogP contribution in [0.2, 0.25) is 0 Å². The minimum atomic E-state index is -1.32. The maximum Gasteiger partial charge on any atom is 0.339 e. The molecule has 0 saturated heterocycles. The summed E-state index contributed by atoms with van der Waals surface area (Å²) in [6.45, 7) is 6.30. The van der Waals surface area contributed by atoms with Gasteiger partial charge in [-0.05, 0) is 59.7 Å². The van der Waals surface area contributed by atoms with E-state index in [1.165, 1.54) is 11.1 Å². The van der Waals surface area contributed by atoms with Crippen LogP contribution in [0.4, 0.5) is 0 Å². The Kier molecular flexibility index (Phi) is 6.48. The minimum absolute atomic E-state index is 0.238. The Bertz CT molecular complexity index is 975. The Morgan fingerprint density at radius 3 is 2.61 bits per heavy atom. The number of aliphatic hydroxyl groups excluding tert-OH is 1. The van der Waals surface area contributed by atoms with Crippen LogP contribution in [0.3, 0.4) is 0 Å². The fourth-order valence-corrected chi connectivity index (χ4v) is 3.66. The molecule has 1 atom stereocenters. The number of carbonyl (C=O) groups excluding carboxylic acids is 1. The van der Waals surface area contributed by atoms with Gasteiger partial charge in [-0.25, -0.2) is 4.79 Å². The number of esters is 1. The molecule has 3 aromatic carbocycles. The van der Waals surface area contributed by atoms with E-state index in [4.69, 9.17) is 4.74 Å². The van der Waals surface area contributed by atoms with Gasteiger partial charge in [0, 0.05) is 5.56 Å². The predicted octanol–water partition coefficient (Wildman–Crippen LogP) is 5.75. The third-order valence-electron chi connectivity index (χ3n) is 5.21. The van der Waals surface area contributed by atoms with Crippen LogP contribution < -0.4 is 0 Å². The Labute approximate surface area is 167 Å². The monoisotopic (exact) mass is 376 g/mol. The van der Waals surface area contributed by atoms with Crippen LogP contribution in [-0.2, 0) is 16.0 Å². The molecule has 0 spiro atoms. The van der Waals surface area contributed by atoms with Crippen LogP contribution in [0.15, 0.2) is 54.6 Å². The fraction of sp³-hybridized carbons (Fsp3) is 0.320. The topological polar surface area (TPSA) is 46.5 Å². The molecule has 0 bridgehead atoms.